The summed E-state index contributed by atoms with van der Waals surface area (Å²) in [6.45, 7) is 0. The Hall–Kier alpha value is -2.24. The van der Waals surface area contributed by atoms with Gasteiger partial charge in [-0.3, -0.25) is 4.79 Å². The lowest BCUT2D eigenvalue weighted by molar-refractivity contribution is -0.107. The Morgan fingerprint density at radius 3 is 3.14 bits per heavy atom. The Morgan fingerprint density at radius 1 is 1.29 bits per heavy atom. The number of carbonyl (C=O) groups is 1. The van der Waals surface area contributed by atoms with E-state index in [9.17, 15) is 4.79 Å². The summed E-state index contributed by atoms with van der Waals surface area (Å²) in [5, 5.41) is 12.1. The molecule has 0 N–H and O–H groups in total. The summed E-state index contributed by atoms with van der Waals surface area (Å²) < 4.78 is 0. The predicted octanol–water partition coefficient (Wildman–Crippen LogP) is -1.23. The Labute approximate surface area is 77.4 Å². The first-order valence-electron chi connectivity index (χ1n) is 3.92. The van der Waals surface area contributed by atoms with E-state index in [-0.39, 0.29) is 11.5 Å². The van der Waals surface area contributed by atoms with Crippen molar-refractivity contribution in [2.45, 2.75) is 0 Å². The summed E-state index contributed by atoms with van der Waals surface area (Å²) >= 11 is 0. The van der Waals surface area contributed by atoms with Crippen molar-refractivity contribution in [1.82, 2.24) is 9.97 Å². The monoisotopic (exact) mass is 185 g/mol. The number of hydrogen-bond acceptors (Lipinski definition) is 6. The van der Waals surface area contributed by atoms with Gasteiger partial charge in [-0.1, -0.05) is 0 Å². The lowest BCUT2D eigenvalue weighted by Crippen LogP contribution is -2.38. The topological polar surface area (TPSA) is 79.9 Å². The van der Waals surface area contributed by atoms with E-state index >= 15 is 0 Å². The zero-order valence-electron chi connectivity index (χ0n) is 6.88. The number of rotatable bonds is 0. The molecule has 2 heterocycles. The van der Waals surface area contributed by atoms with E-state index in [4.69, 9.17) is 0 Å². The summed E-state index contributed by atoms with van der Waals surface area (Å²) in [5.74, 6) is -0.202. The minimum Gasteiger partial charge on any atom is -0.287 e. The van der Waals surface area contributed by atoms with Gasteiger partial charge in [-0.25, -0.2) is 9.97 Å². The fourth-order valence-electron chi connectivity index (χ4n) is 1.39. The second-order valence-corrected chi connectivity index (χ2v) is 2.82. The first kappa shape index (κ1) is 7.19. The number of nitrogens with zero attached hydrogens (tertiary/aromatic N) is 5. The molecule has 0 unspecified atom stereocenters. The minimum absolute atomic E-state index is 0.202. The molecule has 0 amide bonds. The average molecular weight is 185 g/mol. The van der Waals surface area contributed by atoms with Crippen molar-refractivity contribution in [3.05, 3.63) is 23.1 Å². The molecule has 3 rings (SSSR count). The van der Waals surface area contributed by atoms with Crippen LogP contribution in [0.4, 0.5) is 0 Å². The molecule has 1 aromatic heterocycles. The second kappa shape index (κ2) is 2.38. The maximum atomic E-state index is 11.5. The van der Waals surface area contributed by atoms with Crippen LogP contribution in [0.2, 0.25) is 0 Å². The van der Waals surface area contributed by atoms with Crippen LogP contribution >= 0.6 is 0 Å². The van der Waals surface area contributed by atoms with Gasteiger partial charge in [0.15, 0.2) is 5.71 Å². The maximum Gasteiger partial charge on any atom is 0.209 e. The van der Waals surface area contributed by atoms with Crippen molar-refractivity contribution in [2.24, 2.45) is 15.4 Å². The van der Waals surface area contributed by atoms with Crippen molar-refractivity contribution in [3.63, 3.8) is 0 Å². The van der Waals surface area contributed by atoms with Gasteiger partial charge in [-0.05, 0) is 11.3 Å². The van der Waals surface area contributed by atoms with Crippen molar-refractivity contribution in [2.75, 3.05) is 0 Å². The third kappa shape index (κ3) is 0.792. The first-order chi connectivity index (χ1) is 6.86. The van der Waals surface area contributed by atoms with Crippen LogP contribution < -0.4 is 10.6 Å². The highest BCUT2D eigenvalue weighted by Crippen LogP contribution is 2.11. The SMILES string of the molecule is O=C1C=c2cncnc2=C2N=NN=C12. The third-order valence-electron chi connectivity index (χ3n) is 2.00. The molecule has 1 aliphatic heterocycles. The quantitative estimate of drug-likeness (QED) is 0.507. The molecule has 66 valence electrons. The number of carbonyl (C=O) groups excluding carboxylic acids is 1. The summed E-state index contributed by atoms with van der Waals surface area (Å²) in [7, 11) is 0. The van der Waals surface area contributed by atoms with E-state index in [1.807, 2.05) is 0 Å². The van der Waals surface area contributed by atoms with Crippen molar-refractivity contribution in [1.29, 1.82) is 0 Å². The summed E-state index contributed by atoms with van der Waals surface area (Å²) in [6, 6.07) is 0. The number of fused-ring (bicyclic) bond motifs is 2. The third-order valence-corrected chi connectivity index (χ3v) is 2.00. The molecule has 6 heteroatoms. The first-order valence-corrected chi connectivity index (χ1v) is 3.92. The van der Waals surface area contributed by atoms with Crippen LogP contribution in [0.3, 0.4) is 0 Å². The molecule has 0 bridgehead atoms. The van der Waals surface area contributed by atoms with E-state index < -0.39 is 0 Å². The molecule has 0 aromatic carbocycles. The van der Waals surface area contributed by atoms with Crippen molar-refractivity contribution >= 4 is 23.3 Å². The summed E-state index contributed by atoms with van der Waals surface area (Å²) in [4.78, 5) is 19.3. The van der Waals surface area contributed by atoms with Crippen LogP contribution in [0.5, 0.6) is 0 Å². The van der Waals surface area contributed by atoms with E-state index in [0.29, 0.717) is 16.3 Å². The molecular weight excluding hydrogens is 182 g/mol. The largest absolute Gasteiger partial charge is 0.287 e. The van der Waals surface area contributed by atoms with Gasteiger partial charge in [0.2, 0.25) is 5.78 Å². The van der Waals surface area contributed by atoms with Gasteiger partial charge in [0.25, 0.3) is 0 Å². The van der Waals surface area contributed by atoms with E-state index in [1.165, 1.54) is 12.4 Å². The van der Waals surface area contributed by atoms with Gasteiger partial charge in [0.05, 0.1) is 0 Å². The second-order valence-electron chi connectivity index (χ2n) is 2.82. The Morgan fingerprint density at radius 2 is 2.21 bits per heavy atom. The fraction of sp³-hybridized carbons (Fsp3) is 0. The zero-order chi connectivity index (χ0) is 9.54. The molecule has 0 fully saturated rings. The highest BCUT2D eigenvalue weighted by Gasteiger charge is 2.23. The summed E-state index contributed by atoms with van der Waals surface area (Å²) in [5.41, 5.74) is 0.700. The Balaban J connectivity index is 2.57. The highest BCUT2D eigenvalue weighted by molar-refractivity contribution is 6.62. The highest BCUT2D eigenvalue weighted by atomic mass is 16.1. The van der Waals surface area contributed by atoms with Gasteiger partial charge < -0.3 is 0 Å². The molecule has 0 radical (unpaired) electrons. The van der Waals surface area contributed by atoms with Crippen LogP contribution in [-0.2, 0) is 4.79 Å². The number of aromatic nitrogens is 2. The number of ketones is 1. The van der Waals surface area contributed by atoms with Crippen LogP contribution in [0, 0.1) is 0 Å². The predicted molar refractivity (Wildman–Crippen MR) is 46.5 cm³/mol. The van der Waals surface area contributed by atoms with Gasteiger partial charge in [0, 0.05) is 11.4 Å². The van der Waals surface area contributed by atoms with Crippen LogP contribution in [0.25, 0.3) is 11.8 Å². The molecule has 1 aromatic rings. The molecule has 0 atom stereocenters. The lowest BCUT2D eigenvalue weighted by Gasteiger charge is -2.00. The Kier molecular flexibility index (Phi) is 1.22. The molecule has 0 spiro atoms. The minimum atomic E-state index is -0.202. The van der Waals surface area contributed by atoms with Gasteiger partial charge >= 0.3 is 0 Å². The number of Topliss-reactive ketones (excluding diaryl/α,β-unsaturated/α-hetero) is 1. The zero-order valence-corrected chi connectivity index (χ0v) is 6.88. The van der Waals surface area contributed by atoms with Crippen LogP contribution in [0.15, 0.2) is 28.0 Å². The lowest BCUT2D eigenvalue weighted by atomic mass is 10.1. The van der Waals surface area contributed by atoms with Gasteiger partial charge in [0.1, 0.15) is 17.4 Å². The maximum absolute atomic E-state index is 11.5. The van der Waals surface area contributed by atoms with E-state index in [2.05, 4.69) is 25.4 Å². The van der Waals surface area contributed by atoms with E-state index in [0.717, 1.165) is 0 Å². The smallest absolute Gasteiger partial charge is 0.209 e. The van der Waals surface area contributed by atoms with Gasteiger partial charge in [-0.15, -0.1) is 10.2 Å². The van der Waals surface area contributed by atoms with Crippen LogP contribution in [0.1, 0.15) is 0 Å². The molecule has 6 nitrogen and oxygen atoms in total. The van der Waals surface area contributed by atoms with Crippen molar-refractivity contribution in [3.8, 4) is 0 Å². The molecule has 0 saturated heterocycles. The molecule has 0 saturated carbocycles. The van der Waals surface area contributed by atoms with Crippen LogP contribution in [-0.4, -0.2) is 21.5 Å². The summed E-state index contributed by atoms with van der Waals surface area (Å²) in [6.07, 6.45) is 4.41. The molecule has 14 heavy (non-hydrogen) atoms. The fourth-order valence-corrected chi connectivity index (χ4v) is 1.39. The van der Waals surface area contributed by atoms with Gasteiger partial charge in [-0.2, -0.15) is 0 Å². The standard InChI is InChI=1S/C8H3N5O/c14-5-1-4-2-9-3-10-6(4)8-7(5)11-13-12-8/h1-3H. The molecular formula is C8H3N5O. The Bertz CT molecular complexity index is 613. The normalized spacial score (nSPS) is 17.3. The van der Waals surface area contributed by atoms with E-state index in [1.54, 1.807) is 6.20 Å². The molecule has 1 aliphatic carbocycles. The van der Waals surface area contributed by atoms with Crippen molar-refractivity contribution < 1.29 is 4.79 Å². The average Bonchev–Trinajstić information content (AvgIpc) is 2.67. The molecule has 2 aliphatic rings. The number of hydrogen-bond donors (Lipinski definition) is 0.